The standard InChI is InChI=1S/C18H33O2Si/c1-13(2)19-21(20-14(3)4)6-5-18-10-15-7-16(11-18)9-17(8-15)12-18/h13-17H,5-12H2,1-4H3. The molecule has 21 heavy (non-hydrogen) atoms. The van der Waals surface area contributed by atoms with Crippen LogP contribution >= 0.6 is 0 Å². The zero-order valence-corrected chi connectivity index (χ0v) is 15.4. The van der Waals surface area contributed by atoms with Crippen LogP contribution in [0.3, 0.4) is 0 Å². The molecule has 0 atom stereocenters. The molecule has 0 aromatic heterocycles. The summed E-state index contributed by atoms with van der Waals surface area (Å²) < 4.78 is 12.2. The number of hydrogen-bond donors (Lipinski definition) is 0. The van der Waals surface area contributed by atoms with E-state index >= 15 is 0 Å². The number of hydrogen-bond acceptors (Lipinski definition) is 2. The first-order chi connectivity index (χ1) is 9.94. The van der Waals surface area contributed by atoms with E-state index in [1.807, 2.05) is 0 Å². The summed E-state index contributed by atoms with van der Waals surface area (Å²) in [5.74, 6) is 3.18. The predicted octanol–water partition coefficient (Wildman–Crippen LogP) is 4.93. The molecule has 0 heterocycles. The lowest BCUT2D eigenvalue weighted by Crippen LogP contribution is -2.46. The fraction of sp³-hybridized carbons (Fsp3) is 1.00. The predicted molar refractivity (Wildman–Crippen MR) is 88.2 cm³/mol. The van der Waals surface area contributed by atoms with Crippen LogP contribution in [0.15, 0.2) is 0 Å². The minimum Gasteiger partial charge on any atom is -0.391 e. The largest absolute Gasteiger partial charge is 0.391 e. The zero-order chi connectivity index (χ0) is 15.0. The van der Waals surface area contributed by atoms with Crippen LogP contribution in [-0.2, 0) is 8.85 Å². The maximum Gasteiger partial charge on any atom is 0.385 e. The van der Waals surface area contributed by atoms with E-state index in [0.29, 0.717) is 17.6 Å². The van der Waals surface area contributed by atoms with Crippen LogP contribution in [0.4, 0.5) is 0 Å². The normalized spacial score (nSPS) is 38.1. The van der Waals surface area contributed by atoms with Crippen LogP contribution in [-0.4, -0.2) is 21.5 Å². The van der Waals surface area contributed by atoms with Crippen molar-refractivity contribution >= 4 is 9.28 Å². The van der Waals surface area contributed by atoms with Gasteiger partial charge in [0.25, 0.3) is 0 Å². The molecule has 2 nitrogen and oxygen atoms in total. The summed E-state index contributed by atoms with van der Waals surface area (Å²) in [7, 11) is -1.09. The van der Waals surface area contributed by atoms with Crippen LogP contribution < -0.4 is 0 Å². The van der Waals surface area contributed by atoms with Gasteiger partial charge in [0.1, 0.15) is 0 Å². The second-order valence-corrected chi connectivity index (χ2v) is 10.3. The Morgan fingerprint density at radius 3 is 1.67 bits per heavy atom. The van der Waals surface area contributed by atoms with Gasteiger partial charge in [0.2, 0.25) is 0 Å². The topological polar surface area (TPSA) is 18.5 Å². The Kier molecular flexibility index (Phi) is 4.82. The van der Waals surface area contributed by atoms with Crippen molar-refractivity contribution in [2.45, 2.75) is 90.9 Å². The average Bonchev–Trinajstić information content (AvgIpc) is 2.33. The maximum absolute atomic E-state index is 6.10. The molecule has 3 heteroatoms. The molecule has 0 amide bonds. The fourth-order valence-electron chi connectivity index (χ4n) is 5.63. The Balaban J connectivity index is 1.57. The van der Waals surface area contributed by atoms with E-state index in [0.717, 1.165) is 17.8 Å². The molecule has 4 bridgehead atoms. The van der Waals surface area contributed by atoms with Crippen molar-refractivity contribution in [1.29, 1.82) is 0 Å². The molecular weight excluding hydrogens is 276 g/mol. The van der Waals surface area contributed by atoms with Gasteiger partial charge in [-0.05, 0) is 102 Å². The van der Waals surface area contributed by atoms with Gasteiger partial charge in [-0.15, -0.1) is 0 Å². The molecule has 4 aliphatic rings. The molecule has 0 spiro atoms. The SMILES string of the molecule is CC(C)O[Si](CCC12CC3CC(CC(C3)C1)C2)OC(C)C. The van der Waals surface area contributed by atoms with E-state index in [4.69, 9.17) is 8.85 Å². The van der Waals surface area contributed by atoms with Gasteiger partial charge in [-0.25, -0.2) is 0 Å². The van der Waals surface area contributed by atoms with Gasteiger partial charge < -0.3 is 8.85 Å². The molecule has 4 saturated carbocycles. The highest BCUT2D eigenvalue weighted by atomic mass is 28.3. The summed E-state index contributed by atoms with van der Waals surface area (Å²) in [4.78, 5) is 0. The van der Waals surface area contributed by atoms with Crippen molar-refractivity contribution in [1.82, 2.24) is 0 Å². The van der Waals surface area contributed by atoms with E-state index in [1.165, 1.54) is 31.7 Å². The first-order valence-electron chi connectivity index (χ1n) is 9.13. The van der Waals surface area contributed by atoms with Crippen LogP contribution in [0.2, 0.25) is 6.04 Å². The van der Waals surface area contributed by atoms with Crippen LogP contribution in [0.25, 0.3) is 0 Å². The monoisotopic (exact) mass is 309 g/mol. The fourth-order valence-corrected chi connectivity index (χ4v) is 7.71. The highest BCUT2D eigenvalue weighted by molar-refractivity contribution is 6.44. The minimum absolute atomic E-state index is 0.300. The van der Waals surface area contributed by atoms with Gasteiger partial charge in [-0.1, -0.05) is 0 Å². The molecule has 0 aromatic rings. The smallest absolute Gasteiger partial charge is 0.385 e. The Morgan fingerprint density at radius 2 is 1.29 bits per heavy atom. The summed E-state index contributed by atoms with van der Waals surface area (Å²) in [6, 6.07) is 1.19. The van der Waals surface area contributed by atoms with Gasteiger partial charge in [0.05, 0.1) is 0 Å². The summed E-state index contributed by atoms with van der Waals surface area (Å²) >= 11 is 0. The Labute approximate surface area is 132 Å². The first kappa shape index (κ1) is 16.0. The zero-order valence-electron chi connectivity index (χ0n) is 14.4. The van der Waals surface area contributed by atoms with E-state index < -0.39 is 9.28 Å². The van der Waals surface area contributed by atoms with E-state index in [-0.39, 0.29) is 0 Å². The van der Waals surface area contributed by atoms with Gasteiger partial charge >= 0.3 is 9.28 Å². The Morgan fingerprint density at radius 1 is 0.857 bits per heavy atom. The van der Waals surface area contributed by atoms with Crippen molar-refractivity contribution in [3.8, 4) is 0 Å². The molecule has 4 fully saturated rings. The van der Waals surface area contributed by atoms with Crippen molar-refractivity contribution < 1.29 is 8.85 Å². The van der Waals surface area contributed by atoms with Gasteiger partial charge in [-0.3, -0.25) is 0 Å². The second kappa shape index (κ2) is 6.33. The van der Waals surface area contributed by atoms with Crippen molar-refractivity contribution in [3.05, 3.63) is 0 Å². The van der Waals surface area contributed by atoms with Crippen LogP contribution in [0, 0.1) is 23.2 Å². The molecule has 0 aromatic carbocycles. The lowest BCUT2D eigenvalue weighted by atomic mass is 9.49. The Hall–Kier alpha value is 0.137. The molecule has 4 aliphatic carbocycles. The molecule has 121 valence electrons. The summed E-state index contributed by atoms with van der Waals surface area (Å²) in [5.41, 5.74) is 0.672. The molecule has 0 unspecified atom stereocenters. The molecule has 0 saturated heterocycles. The third-order valence-electron chi connectivity index (χ3n) is 5.76. The van der Waals surface area contributed by atoms with Crippen molar-refractivity contribution in [3.63, 3.8) is 0 Å². The summed E-state index contributed by atoms with van der Waals surface area (Å²) in [6.45, 7) is 8.55. The maximum atomic E-state index is 6.10. The van der Waals surface area contributed by atoms with E-state index in [9.17, 15) is 0 Å². The van der Waals surface area contributed by atoms with Crippen LogP contribution in [0.1, 0.15) is 72.6 Å². The highest BCUT2D eigenvalue weighted by Crippen LogP contribution is 2.61. The molecule has 0 N–H and O–H groups in total. The summed E-state index contributed by atoms with van der Waals surface area (Å²) in [5, 5.41) is 0. The van der Waals surface area contributed by atoms with Gasteiger partial charge in [0, 0.05) is 12.2 Å². The van der Waals surface area contributed by atoms with E-state index in [2.05, 4.69) is 27.7 Å². The first-order valence-corrected chi connectivity index (χ1v) is 10.7. The summed E-state index contributed by atoms with van der Waals surface area (Å²) in [6.07, 6.45) is 11.1. The van der Waals surface area contributed by atoms with Crippen molar-refractivity contribution in [2.24, 2.45) is 23.2 Å². The van der Waals surface area contributed by atoms with Gasteiger partial charge in [0.15, 0.2) is 0 Å². The molecular formula is C18H33O2Si. The third-order valence-corrected chi connectivity index (χ3v) is 7.89. The van der Waals surface area contributed by atoms with E-state index in [1.54, 1.807) is 19.3 Å². The molecule has 4 rings (SSSR count). The number of rotatable bonds is 7. The van der Waals surface area contributed by atoms with Crippen molar-refractivity contribution in [2.75, 3.05) is 0 Å². The lowest BCUT2D eigenvalue weighted by molar-refractivity contribution is -0.0557. The second-order valence-electron chi connectivity index (χ2n) is 8.62. The highest BCUT2D eigenvalue weighted by Gasteiger charge is 2.50. The minimum atomic E-state index is -1.09. The molecule has 1 radical (unpaired) electrons. The third kappa shape index (κ3) is 3.91. The molecule has 0 aliphatic heterocycles. The average molecular weight is 310 g/mol. The Bertz CT molecular complexity index is 308. The van der Waals surface area contributed by atoms with Crippen LogP contribution in [0.5, 0.6) is 0 Å². The van der Waals surface area contributed by atoms with Gasteiger partial charge in [-0.2, -0.15) is 0 Å². The lowest BCUT2D eigenvalue weighted by Gasteiger charge is -2.57. The quantitative estimate of drug-likeness (QED) is 0.621.